The molecule has 2 aromatic rings. The Morgan fingerprint density at radius 2 is 2.22 bits per heavy atom. The summed E-state index contributed by atoms with van der Waals surface area (Å²) in [5.41, 5.74) is 3.10. The van der Waals surface area contributed by atoms with Crippen molar-refractivity contribution >= 4 is 28.4 Å². The van der Waals surface area contributed by atoms with E-state index >= 15 is 0 Å². The van der Waals surface area contributed by atoms with Crippen LogP contribution >= 0.6 is 22.6 Å². The lowest BCUT2D eigenvalue weighted by molar-refractivity contribution is -0.114. The number of hydrogen-bond acceptors (Lipinski definition) is 2. The summed E-state index contributed by atoms with van der Waals surface area (Å²) in [5.74, 6) is 0.00915. The summed E-state index contributed by atoms with van der Waals surface area (Å²) >= 11 is 2.28. The fraction of sp³-hybridized carbons (Fsp3) is 0.0667. The Kier molecular flexibility index (Phi) is 4.25. The van der Waals surface area contributed by atoms with Crippen molar-refractivity contribution in [1.29, 1.82) is 0 Å². The van der Waals surface area contributed by atoms with Gasteiger partial charge in [-0.3, -0.25) is 9.78 Å². The SMILES string of the molecule is C=CC(=O)Cc1cnccc1-c1cccc(I)c1. The molecule has 1 aromatic carbocycles. The largest absolute Gasteiger partial charge is 0.295 e. The maximum atomic E-state index is 11.5. The molecule has 0 aliphatic carbocycles. The van der Waals surface area contributed by atoms with E-state index in [0.29, 0.717) is 6.42 Å². The normalized spacial score (nSPS) is 10.1. The molecule has 0 saturated heterocycles. The lowest BCUT2D eigenvalue weighted by atomic mass is 9.98. The molecule has 90 valence electrons. The Hall–Kier alpha value is -1.49. The van der Waals surface area contributed by atoms with E-state index in [2.05, 4.69) is 40.2 Å². The van der Waals surface area contributed by atoms with Gasteiger partial charge < -0.3 is 0 Å². The number of halogens is 1. The average molecular weight is 349 g/mol. The third-order valence-corrected chi connectivity index (χ3v) is 3.30. The van der Waals surface area contributed by atoms with E-state index in [4.69, 9.17) is 0 Å². The minimum Gasteiger partial charge on any atom is -0.295 e. The van der Waals surface area contributed by atoms with Gasteiger partial charge in [0.05, 0.1) is 0 Å². The van der Waals surface area contributed by atoms with Crippen molar-refractivity contribution in [3.63, 3.8) is 0 Å². The highest BCUT2D eigenvalue weighted by Gasteiger charge is 2.08. The molecule has 0 bridgehead atoms. The summed E-state index contributed by atoms with van der Waals surface area (Å²) in [6, 6.07) is 10.1. The zero-order chi connectivity index (χ0) is 13.0. The van der Waals surface area contributed by atoms with E-state index < -0.39 is 0 Å². The third-order valence-electron chi connectivity index (χ3n) is 2.63. The molecule has 0 aliphatic heterocycles. The van der Waals surface area contributed by atoms with Crippen LogP contribution in [-0.4, -0.2) is 10.8 Å². The van der Waals surface area contributed by atoms with Crippen LogP contribution in [0, 0.1) is 3.57 Å². The van der Waals surface area contributed by atoms with E-state index in [0.717, 1.165) is 16.7 Å². The van der Waals surface area contributed by atoms with Crippen LogP contribution < -0.4 is 0 Å². The van der Waals surface area contributed by atoms with Crippen LogP contribution in [0.2, 0.25) is 0 Å². The highest BCUT2D eigenvalue weighted by Crippen LogP contribution is 2.24. The molecule has 0 amide bonds. The van der Waals surface area contributed by atoms with Crippen molar-refractivity contribution in [3.05, 3.63) is 64.5 Å². The van der Waals surface area contributed by atoms with Gasteiger partial charge in [-0.2, -0.15) is 0 Å². The van der Waals surface area contributed by atoms with Crippen LogP contribution in [0.4, 0.5) is 0 Å². The molecule has 0 atom stereocenters. The maximum Gasteiger partial charge on any atom is 0.159 e. The van der Waals surface area contributed by atoms with Crippen molar-refractivity contribution in [1.82, 2.24) is 4.98 Å². The topological polar surface area (TPSA) is 30.0 Å². The van der Waals surface area contributed by atoms with Crippen LogP contribution in [0.1, 0.15) is 5.56 Å². The Labute approximate surface area is 120 Å². The van der Waals surface area contributed by atoms with Gasteiger partial charge in [-0.25, -0.2) is 0 Å². The molecule has 0 radical (unpaired) electrons. The van der Waals surface area contributed by atoms with Crippen molar-refractivity contribution in [3.8, 4) is 11.1 Å². The van der Waals surface area contributed by atoms with E-state index in [1.165, 1.54) is 9.65 Å². The average Bonchev–Trinajstić information content (AvgIpc) is 2.39. The number of ketones is 1. The predicted molar refractivity (Wildman–Crippen MR) is 81.3 cm³/mol. The fourth-order valence-electron chi connectivity index (χ4n) is 1.77. The second-order valence-electron chi connectivity index (χ2n) is 3.89. The molecule has 0 aliphatic rings. The van der Waals surface area contributed by atoms with Crippen LogP contribution in [0.5, 0.6) is 0 Å². The number of carbonyl (C=O) groups excluding carboxylic acids is 1. The molecule has 3 heteroatoms. The van der Waals surface area contributed by atoms with Gasteiger partial charge in [0.15, 0.2) is 5.78 Å². The highest BCUT2D eigenvalue weighted by molar-refractivity contribution is 14.1. The van der Waals surface area contributed by atoms with E-state index in [9.17, 15) is 4.79 Å². The van der Waals surface area contributed by atoms with Crippen LogP contribution in [0.3, 0.4) is 0 Å². The molecule has 0 N–H and O–H groups in total. The Bertz CT molecular complexity index is 593. The zero-order valence-electron chi connectivity index (χ0n) is 9.77. The summed E-state index contributed by atoms with van der Waals surface area (Å²) in [4.78, 5) is 15.6. The van der Waals surface area contributed by atoms with E-state index in [1.54, 1.807) is 12.4 Å². The fourth-order valence-corrected chi connectivity index (χ4v) is 2.31. The number of nitrogens with zero attached hydrogens (tertiary/aromatic N) is 1. The predicted octanol–water partition coefficient (Wildman–Crippen LogP) is 3.65. The van der Waals surface area contributed by atoms with Crippen LogP contribution in [-0.2, 0) is 11.2 Å². The third kappa shape index (κ3) is 3.04. The first-order valence-electron chi connectivity index (χ1n) is 5.55. The van der Waals surface area contributed by atoms with Gasteiger partial charge in [-0.15, -0.1) is 0 Å². The second-order valence-corrected chi connectivity index (χ2v) is 5.14. The maximum absolute atomic E-state index is 11.5. The van der Waals surface area contributed by atoms with Gasteiger partial charge in [0.1, 0.15) is 0 Å². The molecular formula is C15H12INO. The molecule has 18 heavy (non-hydrogen) atoms. The summed E-state index contributed by atoms with van der Waals surface area (Å²) < 4.78 is 1.17. The molecule has 1 heterocycles. The highest BCUT2D eigenvalue weighted by atomic mass is 127. The summed E-state index contributed by atoms with van der Waals surface area (Å²) in [6.45, 7) is 3.50. The van der Waals surface area contributed by atoms with Crippen LogP contribution in [0.25, 0.3) is 11.1 Å². The quantitative estimate of drug-likeness (QED) is 0.623. The van der Waals surface area contributed by atoms with Gasteiger partial charge in [-0.1, -0.05) is 18.7 Å². The Morgan fingerprint density at radius 1 is 1.39 bits per heavy atom. The number of benzene rings is 1. The smallest absolute Gasteiger partial charge is 0.159 e. The molecule has 0 fully saturated rings. The first-order chi connectivity index (χ1) is 8.70. The molecule has 2 rings (SSSR count). The van der Waals surface area contributed by atoms with Gasteiger partial charge in [0.2, 0.25) is 0 Å². The van der Waals surface area contributed by atoms with Gasteiger partial charge >= 0.3 is 0 Å². The summed E-state index contributed by atoms with van der Waals surface area (Å²) in [5, 5.41) is 0. The molecule has 0 saturated carbocycles. The Morgan fingerprint density at radius 3 is 2.94 bits per heavy atom. The molecule has 0 unspecified atom stereocenters. The number of hydrogen-bond donors (Lipinski definition) is 0. The van der Waals surface area contributed by atoms with Gasteiger partial charge in [0, 0.05) is 22.4 Å². The van der Waals surface area contributed by atoms with Gasteiger partial charge in [-0.05, 0) is 63.6 Å². The monoisotopic (exact) mass is 349 g/mol. The summed E-state index contributed by atoms with van der Waals surface area (Å²) in [6.07, 6.45) is 5.19. The van der Waals surface area contributed by atoms with Crippen molar-refractivity contribution in [2.24, 2.45) is 0 Å². The first kappa shape index (κ1) is 13.0. The first-order valence-corrected chi connectivity index (χ1v) is 6.62. The molecular weight excluding hydrogens is 337 g/mol. The zero-order valence-corrected chi connectivity index (χ0v) is 11.9. The van der Waals surface area contributed by atoms with Crippen molar-refractivity contribution in [2.45, 2.75) is 6.42 Å². The number of aromatic nitrogens is 1. The molecule has 1 aromatic heterocycles. The lowest BCUT2D eigenvalue weighted by Crippen LogP contribution is -2.00. The summed E-state index contributed by atoms with van der Waals surface area (Å²) in [7, 11) is 0. The number of carbonyl (C=O) groups is 1. The number of rotatable bonds is 4. The molecule has 2 nitrogen and oxygen atoms in total. The standard InChI is InChI=1S/C15H12INO/c1-2-14(18)9-12-10-17-7-6-15(12)11-4-3-5-13(16)8-11/h2-8,10H,1,9H2. The molecule has 0 spiro atoms. The number of pyridine rings is 1. The minimum absolute atomic E-state index is 0.00915. The van der Waals surface area contributed by atoms with Crippen LogP contribution in [0.15, 0.2) is 55.4 Å². The van der Waals surface area contributed by atoms with Crippen molar-refractivity contribution in [2.75, 3.05) is 0 Å². The van der Waals surface area contributed by atoms with Crippen molar-refractivity contribution < 1.29 is 4.79 Å². The van der Waals surface area contributed by atoms with E-state index in [1.807, 2.05) is 24.3 Å². The number of allylic oxidation sites excluding steroid dienone is 1. The Balaban J connectivity index is 2.44. The lowest BCUT2D eigenvalue weighted by Gasteiger charge is -2.08. The minimum atomic E-state index is 0.00915. The van der Waals surface area contributed by atoms with E-state index in [-0.39, 0.29) is 5.78 Å². The second kappa shape index (κ2) is 5.91. The van der Waals surface area contributed by atoms with Gasteiger partial charge in [0.25, 0.3) is 0 Å².